The molecule has 0 saturated carbocycles. The van der Waals surface area contributed by atoms with E-state index in [4.69, 9.17) is 10.8 Å². The van der Waals surface area contributed by atoms with Gasteiger partial charge < -0.3 is 16.2 Å². The zero-order valence-corrected chi connectivity index (χ0v) is 12.1. The van der Waals surface area contributed by atoms with Crippen molar-refractivity contribution in [3.63, 3.8) is 0 Å². The Morgan fingerprint density at radius 2 is 2.29 bits per heavy atom. The summed E-state index contributed by atoms with van der Waals surface area (Å²) >= 11 is 1.19. The normalized spacial score (nSPS) is 11.9. The fourth-order valence-electron chi connectivity index (χ4n) is 1.66. The highest BCUT2D eigenvalue weighted by molar-refractivity contribution is 7.09. The molecule has 110 valence electrons. The molecule has 0 aliphatic rings. The lowest BCUT2D eigenvalue weighted by Crippen LogP contribution is -2.27. The Morgan fingerprint density at radius 3 is 2.90 bits per heavy atom. The number of pyridine rings is 1. The van der Waals surface area contributed by atoms with Gasteiger partial charge in [0.15, 0.2) is 5.69 Å². The van der Waals surface area contributed by atoms with E-state index < -0.39 is 5.97 Å². The first kappa shape index (κ1) is 15.1. The van der Waals surface area contributed by atoms with Gasteiger partial charge >= 0.3 is 5.97 Å². The van der Waals surface area contributed by atoms with Crippen LogP contribution in [0.15, 0.2) is 23.7 Å². The van der Waals surface area contributed by atoms with Crippen LogP contribution in [0, 0.1) is 0 Å². The molecule has 0 fully saturated rings. The molecule has 0 radical (unpaired) electrons. The molecule has 21 heavy (non-hydrogen) atoms. The number of rotatable bonds is 5. The van der Waals surface area contributed by atoms with Gasteiger partial charge in [-0.15, -0.1) is 11.3 Å². The zero-order valence-electron chi connectivity index (χ0n) is 11.2. The van der Waals surface area contributed by atoms with Crippen LogP contribution in [0.2, 0.25) is 0 Å². The second-order valence-corrected chi connectivity index (χ2v) is 5.20. The topological polar surface area (TPSA) is 118 Å². The third-order valence-corrected chi connectivity index (χ3v) is 3.77. The minimum atomic E-state index is -1.09. The first-order chi connectivity index (χ1) is 10.0. The summed E-state index contributed by atoms with van der Waals surface area (Å²) < 4.78 is 0. The summed E-state index contributed by atoms with van der Waals surface area (Å²) in [5.41, 5.74) is 6.54. The lowest BCUT2D eigenvalue weighted by atomic mass is 10.2. The minimum absolute atomic E-state index is 0.0228. The third-order valence-electron chi connectivity index (χ3n) is 2.75. The van der Waals surface area contributed by atoms with Crippen LogP contribution in [0.1, 0.15) is 44.5 Å². The van der Waals surface area contributed by atoms with Gasteiger partial charge in [-0.25, -0.2) is 9.78 Å². The van der Waals surface area contributed by atoms with Crippen LogP contribution >= 0.6 is 11.3 Å². The Labute approximate surface area is 124 Å². The number of hydrogen-bond donors (Lipinski definition) is 3. The molecular weight excluding hydrogens is 292 g/mol. The Hall–Kier alpha value is -2.32. The Balaban J connectivity index is 2.08. The number of carboxylic acid groups (broad SMARTS) is 1. The summed E-state index contributed by atoms with van der Waals surface area (Å²) in [6.07, 6.45) is 1.52. The van der Waals surface area contributed by atoms with Crippen LogP contribution in [0.3, 0.4) is 0 Å². The van der Waals surface area contributed by atoms with E-state index in [0.717, 1.165) is 0 Å². The maximum atomic E-state index is 12.1. The largest absolute Gasteiger partial charge is 0.476 e. The fourth-order valence-corrected chi connectivity index (χ4v) is 2.46. The van der Waals surface area contributed by atoms with Crippen molar-refractivity contribution in [2.45, 2.75) is 19.5 Å². The molecule has 0 aromatic carbocycles. The van der Waals surface area contributed by atoms with Crippen LogP contribution in [0.25, 0.3) is 0 Å². The molecule has 0 aliphatic carbocycles. The van der Waals surface area contributed by atoms with Gasteiger partial charge in [-0.3, -0.25) is 9.78 Å². The first-order valence-electron chi connectivity index (χ1n) is 6.16. The van der Waals surface area contributed by atoms with Crippen molar-refractivity contribution >= 4 is 23.2 Å². The molecule has 7 nitrogen and oxygen atoms in total. The molecule has 0 spiro atoms. The molecule has 2 aromatic rings. The maximum absolute atomic E-state index is 12.1. The number of aromatic nitrogens is 2. The monoisotopic (exact) mass is 306 g/mol. The van der Waals surface area contributed by atoms with Gasteiger partial charge in [-0.05, 0) is 19.1 Å². The number of nitrogens with one attached hydrogen (secondary N) is 1. The van der Waals surface area contributed by atoms with Crippen molar-refractivity contribution in [1.82, 2.24) is 15.3 Å². The average molecular weight is 306 g/mol. The van der Waals surface area contributed by atoms with Gasteiger partial charge in [0.1, 0.15) is 5.01 Å². The quantitative estimate of drug-likeness (QED) is 0.763. The molecule has 0 saturated heterocycles. The van der Waals surface area contributed by atoms with E-state index in [-0.39, 0.29) is 24.2 Å². The molecule has 2 aromatic heterocycles. The number of aromatic carboxylic acids is 1. The fraction of sp³-hybridized carbons (Fsp3) is 0.231. The van der Waals surface area contributed by atoms with Crippen LogP contribution in [-0.2, 0) is 6.54 Å². The molecule has 2 heterocycles. The van der Waals surface area contributed by atoms with Crippen LogP contribution in [0.5, 0.6) is 0 Å². The van der Waals surface area contributed by atoms with Gasteiger partial charge in [-0.2, -0.15) is 0 Å². The van der Waals surface area contributed by atoms with E-state index in [1.54, 1.807) is 19.1 Å². The predicted octanol–water partition coefficient (Wildman–Crippen LogP) is 1.19. The number of nitrogens with two attached hydrogens (primary N) is 1. The first-order valence-corrected chi connectivity index (χ1v) is 7.03. The number of thiazole rings is 1. The molecule has 0 bridgehead atoms. The van der Waals surface area contributed by atoms with E-state index >= 15 is 0 Å². The lowest BCUT2D eigenvalue weighted by molar-refractivity contribution is 0.0691. The lowest BCUT2D eigenvalue weighted by Gasteiger charge is -2.11. The molecule has 1 atom stereocenters. The van der Waals surface area contributed by atoms with Gasteiger partial charge in [0, 0.05) is 23.7 Å². The molecule has 2 rings (SSSR count). The summed E-state index contributed by atoms with van der Waals surface area (Å²) in [5, 5.41) is 13.6. The number of hydrogen-bond acceptors (Lipinski definition) is 6. The van der Waals surface area contributed by atoms with E-state index in [0.29, 0.717) is 16.3 Å². The standard InChI is InChI=1S/C13H14N4O3S/c1-7(12-17-10(6-21-12)13(19)20)16-11(18)8-2-3-15-9(4-8)5-14/h2-4,6-7H,5,14H2,1H3,(H,16,18)(H,19,20). The van der Waals surface area contributed by atoms with Gasteiger partial charge in [0.2, 0.25) is 0 Å². The molecular formula is C13H14N4O3S. The number of amides is 1. The summed E-state index contributed by atoms with van der Waals surface area (Å²) in [6, 6.07) is 2.82. The van der Waals surface area contributed by atoms with E-state index in [1.165, 1.54) is 22.9 Å². The molecule has 0 aliphatic heterocycles. The molecule has 4 N–H and O–H groups in total. The molecule has 1 unspecified atom stereocenters. The SMILES string of the molecule is CC(NC(=O)c1ccnc(CN)c1)c1nc(C(=O)O)cs1. The smallest absolute Gasteiger partial charge is 0.355 e. The summed E-state index contributed by atoms with van der Waals surface area (Å²) in [5.74, 6) is -1.37. The highest BCUT2D eigenvalue weighted by Crippen LogP contribution is 2.18. The molecule has 1 amide bonds. The van der Waals surface area contributed by atoms with E-state index in [2.05, 4.69) is 15.3 Å². The Kier molecular flexibility index (Phi) is 4.61. The van der Waals surface area contributed by atoms with E-state index in [1.807, 2.05) is 0 Å². The maximum Gasteiger partial charge on any atom is 0.355 e. The number of nitrogens with zero attached hydrogens (tertiary/aromatic N) is 2. The number of carboxylic acids is 1. The van der Waals surface area contributed by atoms with Crippen molar-refractivity contribution in [1.29, 1.82) is 0 Å². The second kappa shape index (κ2) is 6.42. The van der Waals surface area contributed by atoms with Gasteiger partial charge in [0.25, 0.3) is 5.91 Å². The van der Waals surface area contributed by atoms with E-state index in [9.17, 15) is 9.59 Å². The van der Waals surface area contributed by atoms with Crippen molar-refractivity contribution in [3.05, 3.63) is 45.7 Å². The van der Waals surface area contributed by atoms with Crippen molar-refractivity contribution in [2.24, 2.45) is 5.73 Å². The second-order valence-electron chi connectivity index (χ2n) is 4.31. The van der Waals surface area contributed by atoms with Crippen LogP contribution in [-0.4, -0.2) is 27.0 Å². The Morgan fingerprint density at radius 1 is 1.52 bits per heavy atom. The summed E-state index contributed by atoms with van der Waals surface area (Å²) in [6.45, 7) is 2.00. The highest BCUT2D eigenvalue weighted by atomic mass is 32.1. The van der Waals surface area contributed by atoms with Crippen LogP contribution in [0.4, 0.5) is 0 Å². The predicted molar refractivity (Wildman–Crippen MR) is 77.1 cm³/mol. The Bertz CT molecular complexity index is 671. The summed E-state index contributed by atoms with van der Waals surface area (Å²) in [7, 11) is 0. The zero-order chi connectivity index (χ0) is 15.4. The van der Waals surface area contributed by atoms with Crippen molar-refractivity contribution in [2.75, 3.05) is 0 Å². The third kappa shape index (κ3) is 3.61. The molecule has 8 heteroatoms. The number of carbonyl (C=O) groups excluding carboxylic acids is 1. The van der Waals surface area contributed by atoms with Gasteiger partial charge in [0.05, 0.1) is 11.7 Å². The van der Waals surface area contributed by atoms with Gasteiger partial charge in [-0.1, -0.05) is 0 Å². The highest BCUT2D eigenvalue weighted by Gasteiger charge is 2.17. The van der Waals surface area contributed by atoms with Crippen LogP contribution < -0.4 is 11.1 Å². The average Bonchev–Trinajstić information content (AvgIpc) is 2.97. The number of carbonyl (C=O) groups is 2. The van der Waals surface area contributed by atoms with Crippen molar-refractivity contribution < 1.29 is 14.7 Å². The van der Waals surface area contributed by atoms with Crippen molar-refractivity contribution in [3.8, 4) is 0 Å². The minimum Gasteiger partial charge on any atom is -0.476 e. The summed E-state index contributed by atoms with van der Waals surface area (Å²) in [4.78, 5) is 30.9.